The van der Waals surface area contributed by atoms with E-state index in [-0.39, 0.29) is 12.5 Å². The van der Waals surface area contributed by atoms with Crippen molar-refractivity contribution in [2.24, 2.45) is 0 Å². The number of carboxylic acids is 1. The normalized spacial score (nSPS) is 16.3. The molecule has 1 aromatic carbocycles. The predicted molar refractivity (Wildman–Crippen MR) is 76.8 cm³/mol. The molecule has 0 bridgehead atoms. The average molecular weight is 276 g/mol. The lowest BCUT2D eigenvalue weighted by Crippen LogP contribution is -2.58. The lowest BCUT2D eigenvalue weighted by molar-refractivity contribution is -0.148. The second-order valence-electron chi connectivity index (χ2n) is 5.46. The third-order valence-corrected chi connectivity index (χ3v) is 3.86. The van der Waals surface area contributed by atoms with Gasteiger partial charge in [-0.15, -0.1) is 0 Å². The van der Waals surface area contributed by atoms with Gasteiger partial charge in [0.2, 0.25) is 5.91 Å². The molecule has 0 atom stereocenters. The van der Waals surface area contributed by atoms with Crippen LogP contribution in [0.4, 0.5) is 5.69 Å². The van der Waals surface area contributed by atoms with Crippen LogP contribution in [-0.2, 0) is 9.59 Å². The quantitative estimate of drug-likeness (QED) is 0.766. The first-order valence-electron chi connectivity index (χ1n) is 6.78. The highest BCUT2D eigenvalue weighted by Gasteiger charge is 2.44. The van der Waals surface area contributed by atoms with Gasteiger partial charge < -0.3 is 10.4 Å². The van der Waals surface area contributed by atoms with E-state index in [1.54, 1.807) is 0 Å². The van der Waals surface area contributed by atoms with Gasteiger partial charge in [-0.25, -0.2) is 0 Å². The van der Waals surface area contributed by atoms with Crippen LogP contribution in [0.5, 0.6) is 0 Å². The summed E-state index contributed by atoms with van der Waals surface area (Å²) in [5.41, 5.74) is 1.99. The van der Waals surface area contributed by atoms with Crippen LogP contribution >= 0.6 is 0 Å². The predicted octanol–water partition coefficient (Wildman–Crippen LogP) is 1.84. The van der Waals surface area contributed by atoms with Crippen molar-refractivity contribution in [3.8, 4) is 0 Å². The molecule has 0 spiro atoms. The van der Waals surface area contributed by atoms with Crippen LogP contribution in [0.3, 0.4) is 0 Å². The number of benzene rings is 1. The lowest BCUT2D eigenvalue weighted by atomic mass is 9.77. The molecular formula is C15H20N2O3. The molecule has 5 nitrogen and oxygen atoms in total. The minimum Gasteiger partial charge on any atom is -0.480 e. The number of hydrogen-bond acceptors (Lipinski definition) is 3. The Bertz CT molecular complexity index is 536. The molecule has 3 N–H and O–H groups in total. The van der Waals surface area contributed by atoms with E-state index in [1.165, 1.54) is 0 Å². The number of amides is 1. The average Bonchev–Trinajstić information content (AvgIpc) is 2.31. The molecule has 0 unspecified atom stereocenters. The van der Waals surface area contributed by atoms with Crippen LogP contribution in [0, 0.1) is 13.8 Å². The molecule has 0 radical (unpaired) electrons. The maximum absolute atomic E-state index is 11.9. The standard InChI is InChI=1S/C15H20N2O3/c1-10-4-5-12(11(2)8-10)17-13(18)9-16-15(14(19)20)6-3-7-15/h4-5,8,16H,3,6-7,9H2,1-2H3,(H,17,18)(H,19,20). The molecule has 108 valence electrons. The van der Waals surface area contributed by atoms with E-state index in [2.05, 4.69) is 10.6 Å². The minimum atomic E-state index is -0.903. The zero-order valence-electron chi connectivity index (χ0n) is 11.8. The number of anilines is 1. The second-order valence-corrected chi connectivity index (χ2v) is 5.46. The van der Waals surface area contributed by atoms with Crippen molar-refractivity contribution >= 4 is 17.6 Å². The van der Waals surface area contributed by atoms with Crippen molar-refractivity contribution in [1.29, 1.82) is 0 Å². The third-order valence-electron chi connectivity index (χ3n) is 3.86. The van der Waals surface area contributed by atoms with Gasteiger partial charge in [0.1, 0.15) is 5.54 Å². The van der Waals surface area contributed by atoms with Crippen molar-refractivity contribution in [1.82, 2.24) is 5.32 Å². The van der Waals surface area contributed by atoms with E-state index in [0.717, 1.165) is 23.2 Å². The number of rotatable bonds is 5. The Kier molecular flexibility index (Phi) is 4.09. The van der Waals surface area contributed by atoms with Crippen LogP contribution < -0.4 is 10.6 Å². The molecule has 1 saturated carbocycles. The Morgan fingerprint density at radius 1 is 1.30 bits per heavy atom. The molecule has 2 rings (SSSR count). The summed E-state index contributed by atoms with van der Waals surface area (Å²) < 4.78 is 0. The molecule has 0 aliphatic heterocycles. The summed E-state index contributed by atoms with van der Waals surface area (Å²) in [6.45, 7) is 3.94. The van der Waals surface area contributed by atoms with Gasteiger partial charge in [-0.05, 0) is 44.7 Å². The molecule has 0 heterocycles. The Hall–Kier alpha value is -1.88. The molecular weight excluding hydrogens is 256 g/mol. The first-order valence-corrected chi connectivity index (χ1v) is 6.78. The monoisotopic (exact) mass is 276 g/mol. The van der Waals surface area contributed by atoms with E-state index < -0.39 is 11.5 Å². The summed E-state index contributed by atoms with van der Waals surface area (Å²) in [4.78, 5) is 23.1. The molecule has 1 fully saturated rings. The van der Waals surface area contributed by atoms with Crippen LogP contribution in [0.2, 0.25) is 0 Å². The minimum absolute atomic E-state index is 0.0135. The molecule has 1 aliphatic carbocycles. The highest BCUT2D eigenvalue weighted by atomic mass is 16.4. The van der Waals surface area contributed by atoms with E-state index in [0.29, 0.717) is 12.8 Å². The van der Waals surface area contributed by atoms with Gasteiger partial charge in [-0.2, -0.15) is 0 Å². The van der Waals surface area contributed by atoms with Crippen molar-refractivity contribution in [2.45, 2.75) is 38.6 Å². The highest BCUT2D eigenvalue weighted by Crippen LogP contribution is 2.31. The lowest BCUT2D eigenvalue weighted by Gasteiger charge is -2.38. The van der Waals surface area contributed by atoms with Crippen LogP contribution in [0.15, 0.2) is 18.2 Å². The Labute approximate surface area is 118 Å². The summed E-state index contributed by atoms with van der Waals surface area (Å²) in [5.74, 6) is -1.09. The molecule has 1 aromatic rings. The van der Waals surface area contributed by atoms with Crippen molar-refractivity contribution in [3.63, 3.8) is 0 Å². The molecule has 0 saturated heterocycles. The van der Waals surface area contributed by atoms with Crippen molar-refractivity contribution in [2.75, 3.05) is 11.9 Å². The van der Waals surface area contributed by atoms with Crippen LogP contribution in [0.25, 0.3) is 0 Å². The number of aryl methyl sites for hydroxylation is 2. The van der Waals surface area contributed by atoms with Gasteiger partial charge in [0.25, 0.3) is 0 Å². The number of nitrogens with one attached hydrogen (secondary N) is 2. The topological polar surface area (TPSA) is 78.4 Å². The molecule has 1 aliphatic rings. The van der Waals surface area contributed by atoms with Gasteiger partial charge in [-0.3, -0.25) is 14.9 Å². The van der Waals surface area contributed by atoms with E-state index >= 15 is 0 Å². The number of hydrogen-bond donors (Lipinski definition) is 3. The molecule has 0 aromatic heterocycles. The SMILES string of the molecule is Cc1ccc(NC(=O)CNC2(C(=O)O)CCC2)c(C)c1. The van der Waals surface area contributed by atoms with Gasteiger partial charge in [0, 0.05) is 5.69 Å². The maximum Gasteiger partial charge on any atom is 0.323 e. The number of carboxylic acid groups (broad SMARTS) is 1. The van der Waals surface area contributed by atoms with Crippen LogP contribution in [-0.4, -0.2) is 29.1 Å². The fourth-order valence-electron chi connectivity index (χ4n) is 2.39. The van der Waals surface area contributed by atoms with Gasteiger partial charge >= 0.3 is 5.97 Å². The first kappa shape index (κ1) is 14.5. The summed E-state index contributed by atoms with van der Waals surface area (Å²) in [7, 11) is 0. The van der Waals surface area contributed by atoms with Gasteiger partial charge in [0.15, 0.2) is 0 Å². The van der Waals surface area contributed by atoms with Gasteiger partial charge in [0.05, 0.1) is 6.54 Å². The van der Waals surface area contributed by atoms with Crippen LogP contribution in [0.1, 0.15) is 30.4 Å². The smallest absolute Gasteiger partial charge is 0.323 e. The summed E-state index contributed by atoms with van der Waals surface area (Å²) in [6, 6.07) is 5.79. The number of aliphatic carboxylic acids is 1. The first-order chi connectivity index (χ1) is 9.43. The molecule has 5 heteroatoms. The third kappa shape index (κ3) is 2.99. The fraction of sp³-hybridized carbons (Fsp3) is 0.467. The zero-order valence-corrected chi connectivity index (χ0v) is 11.8. The second kappa shape index (κ2) is 5.63. The molecule has 20 heavy (non-hydrogen) atoms. The Morgan fingerprint density at radius 3 is 2.50 bits per heavy atom. The number of carbonyl (C=O) groups is 2. The molecule has 1 amide bonds. The maximum atomic E-state index is 11.9. The van der Waals surface area contributed by atoms with Crippen molar-refractivity contribution in [3.05, 3.63) is 29.3 Å². The Morgan fingerprint density at radius 2 is 2.00 bits per heavy atom. The summed E-state index contributed by atoms with van der Waals surface area (Å²) >= 11 is 0. The highest BCUT2D eigenvalue weighted by molar-refractivity contribution is 5.93. The van der Waals surface area contributed by atoms with Gasteiger partial charge in [-0.1, -0.05) is 17.7 Å². The zero-order chi connectivity index (χ0) is 14.8. The van der Waals surface area contributed by atoms with E-state index in [9.17, 15) is 9.59 Å². The van der Waals surface area contributed by atoms with E-state index in [4.69, 9.17) is 5.11 Å². The van der Waals surface area contributed by atoms with Crippen molar-refractivity contribution < 1.29 is 14.7 Å². The Balaban J connectivity index is 1.91. The number of carbonyl (C=O) groups excluding carboxylic acids is 1. The fourth-order valence-corrected chi connectivity index (χ4v) is 2.39. The van der Waals surface area contributed by atoms with E-state index in [1.807, 2.05) is 32.0 Å². The summed E-state index contributed by atoms with van der Waals surface area (Å²) in [6.07, 6.45) is 2.05. The largest absolute Gasteiger partial charge is 0.480 e. The summed E-state index contributed by atoms with van der Waals surface area (Å²) in [5, 5.41) is 14.8.